The van der Waals surface area contributed by atoms with Gasteiger partial charge in [0.2, 0.25) is 0 Å². The Bertz CT molecular complexity index is 3100. The number of benzene rings is 2. The van der Waals surface area contributed by atoms with Crippen LogP contribution in [0.25, 0.3) is 0 Å². The van der Waals surface area contributed by atoms with E-state index in [9.17, 15) is 28.8 Å². The molecular weight excluding hydrogens is 1150 g/mol. The monoisotopic (exact) mass is 1260 g/mol. The molecule has 4 aliphatic heterocycles. The number of rotatable bonds is 13. The van der Waals surface area contributed by atoms with Crippen molar-refractivity contribution in [1.82, 2.24) is 40.2 Å². The van der Waals surface area contributed by atoms with Crippen molar-refractivity contribution in [3.05, 3.63) is 117 Å². The Labute approximate surface area is 521 Å². The number of anilines is 3. The summed E-state index contributed by atoms with van der Waals surface area (Å²) in [5, 5.41) is 5.93. The van der Waals surface area contributed by atoms with E-state index in [4.69, 9.17) is 9.47 Å². The molecule has 476 valence electrons. The second-order valence-corrected chi connectivity index (χ2v) is 26.4. The van der Waals surface area contributed by atoms with E-state index < -0.39 is 11.2 Å². The van der Waals surface area contributed by atoms with Crippen LogP contribution in [0, 0.1) is 41.5 Å². The summed E-state index contributed by atoms with van der Waals surface area (Å²) in [6, 6.07) is 12.0. The Hall–Kier alpha value is -6.38. The number of carbonyl (C=O) groups is 4. The van der Waals surface area contributed by atoms with Gasteiger partial charge in [0, 0.05) is 146 Å². The molecule has 4 saturated heterocycles. The molecule has 0 radical (unpaired) electrons. The van der Waals surface area contributed by atoms with E-state index in [2.05, 4.69) is 95.0 Å². The van der Waals surface area contributed by atoms with Crippen LogP contribution < -0.4 is 36.5 Å². The van der Waals surface area contributed by atoms with Crippen LogP contribution in [0.5, 0.6) is 0 Å². The van der Waals surface area contributed by atoms with Crippen molar-refractivity contribution < 1.29 is 28.7 Å². The number of amides is 4. The molecule has 4 aromatic rings. The number of nitrogens with zero attached hydrogens (tertiary/aromatic N) is 7. The number of piperazine rings is 1. The molecule has 20 heteroatoms. The Balaban J connectivity index is 0.000000281. The van der Waals surface area contributed by atoms with Crippen molar-refractivity contribution in [3.63, 3.8) is 0 Å². The number of hydrogen-bond donors (Lipinski definition) is 4. The molecule has 8 rings (SSSR count). The van der Waals surface area contributed by atoms with Gasteiger partial charge >= 0.3 is 12.2 Å². The van der Waals surface area contributed by atoms with Gasteiger partial charge in [-0.25, -0.2) is 9.59 Å². The van der Waals surface area contributed by atoms with Crippen molar-refractivity contribution in [2.24, 2.45) is 0 Å². The summed E-state index contributed by atoms with van der Waals surface area (Å²) in [4.78, 5) is 98.0. The van der Waals surface area contributed by atoms with E-state index in [0.717, 1.165) is 107 Å². The van der Waals surface area contributed by atoms with Crippen LogP contribution in [0.4, 0.5) is 26.7 Å². The number of aryl methyl sites for hydroxylation is 4. The molecule has 2 aromatic carbocycles. The molecule has 0 bridgehead atoms. The average Bonchev–Trinajstić information content (AvgIpc) is 2.19. The number of nitrogens with one attached hydrogen (secondary N) is 4. The largest absolute Gasteiger partial charge is 0.444 e. The van der Waals surface area contributed by atoms with Crippen LogP contribution in [-0.2, 0) is 22.6 Å². The summed E-state index contributed by atoms with van der Waals surface area (Å²) in [5.41, 5.74) is 8.78. The van der Waals surface area contributed by atoms with Crippen molar-refractivity contribution in [2.45, 2.75) is 173 Å². The fourth-order valence-electron chi connectivity index (χ4n) is 11.7. The topological polar surface area (TPSA) is 199 Å². The Kier molecular flexibility index (Phi) is 25.4. The van der Waals surface area contributed by atoms with Crippen LogP contribution in [0.3, 0.4) is 0 Å². The highest BCUT2D eigenvalue weighted by atomic mass is 79.9. The van der Waals surface area contributed by atoms with E-state index in [1.165, 1.54) is 32.4 Å². The lowest BCUT2D eigenvalue weighted by molar-refractivity contribution is 0.0282. The highest BCUT2D eigenvalue weighted by molar-refractivity contribution is 9.10. The number of likely N-dealkylation sites (tertiary alicyclic amines) is 3. The van der Waals surface area contributed by atoms with Gasteiger partial charge < -0.3 is 64.4 Å². The minimum absolute atomic E-state index is 0. The SMILES string of the molecule is C.CCN(c1cc(Br)cc(C(=O)NCc2c(C)cc(C)[nH]c2=O)c1C)C1CCN(C(=O)OC(C)(C)C)C1.CCN(c1cc(N2CCN(C)CC2)cc(C(=O)NCc2c(C)cc(C)[nH]c2=O)c1C)C1CCN(C(=O)OC(C)(C)C)C1.CN1CCCCC1. The van der Waals surface area contributed by atoms with Crippen LogP contribution in [-0.4, -0.2) is 169 Å². The van der Waals surface area contributed by atoms with Gasteiger partial charge in [-0.05, 0) is 208 Å². The summed E-state index contributed by atoms with van der Waals surface area (Å²) >= 11 is 3.57. The third kappa shape index (κ3) is 19.3. The minimum Gasteiger partial charge on any atom is -0.444 e. The molecule has 0 saturated carbocycles. The molecule has 2 aromatic heterocycles. The van der Waals surface area contributed by atoms with E-state index in [0.29, 0.717) is 48.4 Å². The third-order valence-corrected chi connectivity index (χ3v) is 16.8. The van der Waals surface area contributed by atoms with Gasteiger partial charge in [-0.15, -0.1) is 0 Å². The molecule has 2 atom stereocenters. The summed E-state index contributed by atoms with van der Waals surface area (Å²) in [7, 11) is 4.32. The van der Waals surface area contributed by atoms with Crippen molar-refractivity contribution in [2.75, 3.05) is 107 Å². The van der Waals surface area contributed by atoms with Crippen LogP contribution >= 0.6 is 15.9 Å². The number of hydrogen-bond acceptors (Lipinski definition) is 13. The van der Waals surface area contributed by atoms with Gasteiger partial charge in [-0.1, -0.05) is 29.8 Å². The van der Waals surface area contributed by atoms with Gasteiger partial charge in [-0.2, -0.15) is 0 Å². The zero-order chi connectivity index (χ0) is 62.7. The quantitative estimate of drug-likeness (QED) is 0.0987. The molecule has 86 heavy (non-hydrogen) atoms. The number of likely N-dealkylation sites (N-methyl/N-ethyl adjacent to an activating group) is 3. The van der Waals surface area contributed by atoms with Crippen LogP contribution in [0.1, 0.15) is 160 Å². The lowest BCUT2D eigenvalue weighted by Gasteiger charge is -2.37. The van der Waals surface area contributed by atoms with Gasteiger partial charge in [0.25, 0.3) is 22.9 Å². The maximum atomic E-state index is 13.7. The Morgan fingerprint density at radius 2 is 0.988 bits per heavy atom. The van der Waals surface area contributed by atoms with Gasteiger partial charge in [-0.3, -0.25) is 19.2 Å². The standard InChI is InChI=1S/C32H48N6O4.C27H37BrN4O4.C6H13N.CH4/c1-9-38(24-10-11-37(20-24)31(41)42-32(5,6)7)28-18-25(36-14-12-35(8)13-15-36)17-26(23(28)4)29(39)33-19-27-21(2)16-22(3)34-30(27)40;1-8-32(20-9-10-31(15-20)26(35)36-27(5,6)7)23-13-19(28)12-21(18(23)4)24(33)29-14-22-16(2)11-17(3)30-25(22)34;1-7-5-3-2-4-6-7;/h16-18,24H,9-15,19-20H2,1-8H3,(H,33,39)(H,34,40);11-13,20H,8-10,14-15H2,1-7H3,(H,29,33)(H,30,34);2-6H2,1H3;1H4. The second kappa shape index (κ2) is 31.0. The van der Waals surface area contributed by atoms with Crippen molar-refractivity contribution >= 4 is 57.0 Å². The zero-order valence-corrected chi connectivity index (χ0v) is 55.4. The number of ether oxygens (including phenoxy) is 2. The number of piperidine rings is 1. The van der Waals surface area contributed by atoms with Gasteiger partial charge in [0.05, 0.1) is 0 Å². The number of carbonyl (C=O) groups excluding carboxylic acids is 4. The van der Waals surface area contributed by atoms with E-state index in [1.807, 2.05) is 107 Å². The molecular formula is C66H102BrN11O8. The molecule has 4 aliphatic rings. The first-order valence-electron chi connectivity index (χ1n) is 30.5. The fraction of sp³-hybridized carbons (Fsp3) is 0.606. The van der Waals surface area contributed by atoms with Crippen LogP contribution in [0.2, 0.25) is 0 Å². The first-order chi connectivity index (χ1) is 40.0. The molecule has 4 amide bonds. The normalized spacial score (nSPS) is 17.3. The van der Waals surface area contributed by atoms with Crippen molar-refractivity contribution in [1.29, 1.82) is 0 Å². The second-order valence-electron chi connectivity index (χ2n) is 25.5. The molecule has 0 spiro atoms. The maximum Gasteiger partial charge on any atom is 0.410 e. The van der Waals surface area contributed by atoms with E-state index in [1.54, 1.807) is 15.9 Å². The summed E-state index contributed by atoms with van der Waals surface area (Å²) < 4.78 is 12.0. The zero-order valence-electron chi connectivity index (χ0n) is 53.8. The van der Waals surface area contributed by atoms with E-state index >= 15 is 0 Å². The highest BCUT2D eigenvalue weighted by Gasteiger charge is 2.36. The van der Waals surface area contributed by atoms with Crippen molar-refractivity contribution in [3.8, 4) is 0 Å². The predicted molar refractivity (Wildman–Crippen MR) is 352 cm³/mol. The number of aromatic amines is 2. The number of aromatic nitrogens is 2. The summed E-state index contributed by atoms with van der Waals surface area (Å²) in [5.74, 6) is -0.450. The lowest BCUT2D eigenvalue weighted by Crippen LogP contribution is -2.45. The number of pyridine rings is 2. The highest BCUT2D eigenvalue weighted by Crippen LogP contribution is 2.35. The molecule has 4 fully saturated rings. The minimum atomic E-state index is -0.544. The summed E-state index contributed by atoms with van der Waals surface area (Å²) in [6.07, 6.45) is 5.33. The number of H-pyrrole nitrogens is 2. The third-order valence-electron chi connectivity index (χ3n) is 16.3. The first-order valence-corrected chi connectivity index (χ1v) is 31.3. The van der Waals surface area contributed by atoms with Gasteiger partial charge in [0.15, 0.2) is 0 Å². The lowest BCUT2D eigenvalue weighted by atomic mass is 10.0. The Morgan fingerprint density at radius 3 is 1.37 bits per heavy atom. The molecule has 0 aliphatic carbocycles. The summed E-state index contributed by atoms with van der Waals surface area (Å²) in [6.45, 7) is 37.2. The fourth-order valence-corrected chi connectivity index (χ4v) is 12.1. The maximum absolute atomic E-state index is 13.7. The van der Waals surface area contributed by atoms with Crippen LogP contribution in [0.15, 0.2) is 50.5 Å². The molecule has 4 N–H and O–H groups in total. The number of halogens is 1. The van der Waals surface area contributed by atoms with Gasteiger partial charge in [0.1, 0.15) is 11.2 Å². The molecule has 6 heterocycles. The van der Waals surface area contributed by atoms with E-state index in [-0.39, 0.29) is 67.7 Å². The average molecular weight is 1260 g/mol. The predicted octanol–water partition coefficient (Wildman–Crippen LogP) is 10.4. The smallest absolute Gasteiger partial charge is 0.410 e. The molecule has 19 nitrogen and oxygen atoms in total. The first kappa shape index (κ1) is 70.4. The Morgan fingerprint density at radius 1 is 0.581 bits per heavy atom. The molecule has 2 unspecified atom stereocenters.